The Morgan fingerprint density at radius 1 is 1.39 bits per heavy atom. The highest BCUT2D eigenvalue weighted by Gasteiger charge is 2.42. The number of nitrogens with zero attached hydrogens (tertiary/aromatic N) is 1. The molecule has 2 aromatic heterocycles. The fourth-order valence-electron chi connectivity index (χ4n) is 2.87. The fraction of sp³-hybridized carbons (Fsp3) is 0.467. The average Bonchev–Trinajstić information content (AvgIpc) is 3.18. The standard InChI is InChI=1S/C15H16F3N3OS/c16-15(17,18)9-3-1-4-10(7-9)19-14(22)12-8-11(20-21-12)13-5-2-6-23-13/h2,5-6,8-10H,1,3-4,7H2,(H,19,22)(H,20,21). The SMILES string of the molecule is O=C(NC1CCCC(C(F)(F)F)C1)c1cc(-c2cccs2)[nH]n1. The Hall–Kier alpha value is -1.83. The highest BCUT2D eigenvalue weighted by Crippen LogP contribution is 2.37. The molecule has 2 atom stereocenters. The quantitative estimate of drug-likeness (QED) is 0.885. The van der Waals surface area contributed by atoms with Crippen LogP contribution in [0.3, 0.4) is 0 Å². The first kappa shape index (κ1) is 16.0. The molecule has 2 aromatic rings. The molecular weight excluding hydrogens is 327 g/mol. The molecule has 124 valence electrons. The molecule has 4 nitrogen and oxygen atoms in total. The second kappa shape index (κ2) is 6.35. The lowest BCUT2D eigenvalue weighted by Gasteiger charge is -2.30. The van der Waals surface area contributed by atoms with Gasteiger partial charge in [0.05, 0.1) is 16.5 Å². The van der Waals surface area contributed by atoms with Gasteiger partial charge in [0.2, 0.25) is 0 Å². The summed E-state index contributed by atoms with van der Waals surface area (Å²) in [5, 5.41) is 11.3. The Bertz CT molecular complexity index is 666. The van der Waals surface area contributed by atoms with Gasteiger partial charge in [0.25, 0.3) is 5.91 Å². The topological polar surface area (TPSA) is 57.8 Å². The number of nitrogens with one attached hydrogen (secondary N) is 2. The van der Waals surface area contributed by atoms with Gasteiger partial charge in [-0.25, -0.2) is 0 Å². The van der Waals surface area contributed by atoms with E-state index in [1.54, 1.807) is 6.07 Å². The molecule has 8 heteroatoms. The zero-order chi connectivity index (χ0) is 16.4. The van der Waals surface area contributed by atoms with Crippen LogP contribution in [0, 0.1) is 5.92 Å². The van der Waals surface area contributed by atoms with Gasteiger partial charge in [0, 0.05) is 6.04 Å². The molecule has 0 bridgehead atoms. The van der Waals surface area contributed by atoms with Crippen LogP contribution in [0.25, 0.3) is 10.6 Å². The molecule has 23 heavy (non-hydrogen) atoms. The van der Waals surface area contributed by atoms with Crippen molar-refractivity contribution in [2.24, 2.45) is 5.92 Å². The number of carbonyl (C=O) groups excluding carboxylic acids is 1. The van der Waals surface area contributed by atoms with Crippen LogP contribution in [0.1, 0.15) is 36.2 Å². The number of hydrogen-bond acceptors (Lipinski definition) is 3. The minimum atomic E-state index is -4.19. The molecule has 1 amide bonds. The molecule has 2 unspecified atom stereocenters. The van der Waals surface area contributed by atoms with Crippen LogP contribution in [0.4, 0.5) is 13.2 Å². The van der Waals surface area contributed by atoms with Crippen LogP contribution in [0.5, 0.6) is 0 Å². The van der Waals surface area contributed by atoms with Crippen molar-refractivity contribution in [2.75, 3.05) is 0 Å². The van der Waals surface area contributed by atoms with E-state index in [-0.39, 0.29) is 18.5 Å². The van der Waals surface area contributed by atoms with Gasteiger partial charge < -0.3 is 5.32 Å². The first-order valence-electron chi connectivity index (χ1n) is 7.40. The lowest BCUT2D eigenvalue weighted by Crippen LogP contribution is -2.41. The number of halogens is 3. The molecule has 1 aliphatic rings. The Labute approximate surface area is 135 Å². The van der Waals surface area contributed by atoms with Crippen LogP contribution in [-0.2, 0) is 0 Å². The third-order valence-corrected chi connectivity index (χ3v) is 4.97. The molecule has 0 radical (unpaired) electrons. The van der Waals surface area contributed by atoms with Crippen molar-refractivity contribution in [3.8, 4) is 10.6 Å². The predicted octanol–water partition coefficient (Wildman–Crippen LogP) is 3.99. The Morgan fingerprint density at radius 2 is 2.22 bits per heavy atom. The van der Waals surface area contributed by atoms with Gasteiger partial charge in [-0.1, -0.05) is 12.5 Å². The van der Waals surface area contributed by atoms with Gasteiger partial charge in [-0.3, -0.25) is 9.89 Å². The smallest absolute Gasteiger partial charge is 0.348 e. The number of rotatable bonds is 3. The predicted molar refractivity (Wildman–Crippen MR) is 81.2 cm³/mol. The molecule has 1 aliphatic carbocycles. The Morgan fingerprint density at radius 3 is 2.91 bits per heavy atom. The van der Waals surface area contributed by atoms with E-state index < -0.39 is 24.0 Å². The number of H-pyrrole nitrogens is 1. The van der Waals surface area contributed by atoms with E-state index in [2.05, 4.69) is 15.5 Å². The van der Waals surface area contributed by atoms with Crippen molar-refractivity contribution < 1.29 is 18.0 Å². The van der Waals surface area contributed by atoms with Crippen LogP contribution in [-0.4, -0.2) is 28.3 Å². The zero-order valence-corrected chi connectivity index (χ0v) is 13.0. The summed E-state index contributed by atoms with van der Waals surface area (Å²) >= 11 is 1.51. The Kier molecular flexibility index (Phi) is 4.43. The van der Waals surface area contributed by atoms with E-state index in [1.807, 2.05) is 17.5 Å². The van der Waals surface area contributed by atoms with E-state index in [9.17, 15) is 18.0 Å². The summed E-state index contributed by atoms with van der Waals surface area (Å²) in [6, 6.07) is 4.95. The maximum Gasteiger partial charge on any atom is 0.391 e. The summed E-state index contributed by atoms with van der Waals surface area (Å²) in [6.45, 7) is 0. The fourth-order valence-corrected chi connectivity index (χ4v) is 3.57. The maximum absolute atomic E-state index is 12.8. The van der Waals surface area contributed by atoms with Gasteiger partial charge in [0.15, 0.2) is 5.69 Å². The molecule has 0 aliphatic heterocycles. The van der Waals surface area contributed by atoms with E-state index in [0.717, 1.165) is 10.6 Å². The van der Waals surface area contributed by atoms with Crippen LogP contribution in [0.2, 0.25) is 0 Å². The lowest BCUT2D eigenvalue weighted by molar-refractivity contribution is -0.183. The van der Waals surface area contributed by atoms with Crippen LogP contribution < -0.4 is 5.32 Å². The number of hydrogen-bond donors (Lipinski definition) is 2. The van der Waals surface area contributed by atoms with Gasteiger partial charge in [-0.15, -0.1) is 11.3 Å². The molecule has 1 saturated carbocycles. The van der Waals surface area contributed by atoms with Gasteiger partial charge >= 0.3 is 6.18 Å². The van der Waals surface area contributed by atoms with Crippen LogP contribution in [0.15, 0.2) is 23.6 Å². The Balaban J connectivity index is 1.63. The number of aromatic amines is 1. The molecule has 0 spiro atoms. The number of aromatic nitrogens is 2. The molecule has 0 saturated heterocycles. The number of alkyl halides is 3. The van der Waals surface area contributed by atoms with Crippen molar-refractivity contribution in [1.82, 2.24) is 15.5 Å². The molecule has 1 fully saturated rings. The highest BCUT2D eigenvalue weighted by atomic mass is 32.1. The normalized spacial score (nSPS) is 22.0. The second-order valence-electron chi connectivity index (χ2n) is 5.72. The summed E-state index contributed by atoms with van der Waals surface area (Å²) in [5.74, 6) is -1.76. The minimum Gasteiger partial charge on any atom is -0.348 e. The number of amides is 1. The van der Waals surface area contributed by atoms with E-state index in [1.165, 1.54) is 11.3 Å². The highest BCUT2D eigenvalue weighted by molar-refractivity contribution is 7.13. The molecule has 0 aromatic carbocycles. The third-order valence-electron chi connectivity index (χ3n) is 4.07. The van der Waals surface area contributed by atoms with Gasteiger partial charge in [-0.05, 0) is 36.8 Å². The van der Waals surface area contributed by atoms with Crippen molar-refractivity contribution in [3.05, 3.63) is 29.3 Å². The number of thiophene rings is 1. The van der Waals surface area contributed by atoms with Crippen molar-refractivity contribution in [3.63, 3.8) is 0 Å². The maximum atomic E-state index is 12.8. The molecule has 2 N–H and O–H groups in total. The molecular formula is C15H16F3N3OS. The third kappa shape index (κ3) is 3.74. The average molecular weight is 343 g/mol. The zero-order valence-electron chi connectivity index (χ0n) is 12.2. The van der Waals surface area contributed by atoms with E-state index in [4.69, 9.17) is 0 Å². The van der Waals surface area contributed by atoms with Crippen LogP contribution >= 0.6 is 11.3 Å². The number of carbonyl (C=O) groups is 1. The van der Waals surface area contributed by atoms with Crippen molar-refractivity contribution >= 4 is 17.2 Å². The summed E-state index contributed by atoms with van der Waals surface area (Å²) in [4.78, 5) is 13.1. The lowest BCUT2D eigenvalue weighted by atomic mass is 9.85. The summed E-state index contributed by atoms with van der Waals surface area (Å²) in [6.07, 6.45) is -3.07. The molecule has 2 heterocycles. The summed E-state index contributed by atoms with van der Waals surface area (Å²) in [5.41, 5.74) is 0.921. The van der Waals surface area contributed by atoms with E-state index >= 15 is 0 Å². The largest absolute Gasteiger partial charge is 0.391 e. The van der Waals surface area contributed by atoms with Crippen molar-refractivity contribution in [1.29, 1.82) is 0 Å². The first-order chi connectivity index (χ1) is 10.9. The second-order valence-corrected chi connectivity index (χ2v) is 6.67. The molecule has 3 rings (SSSR count). The van der Waals surface area contributed by atoms with Crippen molar-refractivity contribution in [2.45, 2.75) is 37.9 Å². The van der Waals surface area contributed by atoms with Gasteiger partial charge in [-0.2, -0.15) is 18.3 Å². The monoisotopic (exact) mass is 343 g/mol. The first-order valence-corrected chi connectivity index (χ1v) is 8.28. The van der Waals surface area contributed by atoms with Gasteiger partial charge in [0.1, 0.15) is 0 Å². The summed E-state index contributed by atoms with van der Waals surface area (Å²) < 4.78 is 38.4. The minimum absolute atomic E-state index is 0.0581. The van der Waals surface area contributed by atoms with E-state index in [0.29, 0.717) is 12.8 Å². The summed E-state index contributed by atoms with van der Waals surface area (Å²) in [7, 11) is 0.